The van der Waals surface area contributed by atoms with Gasteiger partial charge in [0, 0.05) is 20.2 Å². The van der Waals surface area contributed by atoms with Gasteiger partial charge in [0.1, 0.15) is 0 Å². The molecule has 0 aromatic heterocycles. The van der Waals surface area contributed by atoms with Crippen molar-refractivity contribution in [2.24, 2.45) is 10.9 Å². The van der Waals surface area contributed by atoms with Crippen LogP contribution in [-0.4, -0.2) is 36.3 Å². The van der Waals surface area contributed by atoms with Gasteiger partial charge in [-0.2, -0.15) is 0 Å². The molecule has 0 atom stereocenters. The summed E-state index contributed by atoms with van der Waals surface area (Å²) in [6, 6.07) is 10.0. The summed E-state index contributed by atoms with van der Waals surface area (Å²) in [5.41, 5.74) is 6.57. The van der Waals surface area contributed by atoms with Gasteiger partial charge in [0.25, 0.3) is 0 Å². The Morgan fingerprint density at radius 2 is 2.12 bits per heavy atom. The van der Waals surface area contributed by atoms with Gasteiger partial charge >= 0.3 is 0 Å². The first kappa shape index (κ1) is 13.3. The number of ether oxygens (including phenoxy) is 1. The molecular formula is C12H19N3O2. The van der Waals surface area contributed by atoms with Crippen molar-refractivity contribution >= 4 is 5.96 Å². The van der Waals surface area contributed by atoms with E-state index in [1.54, 1.807) is 11.9 Å². The van der Waals surface area contributed by atoms with Gasteiger partial charge in [0.05, 0.1) is 6.61 Å². The molecule has 3 N–H and O–H groups in total. The molecule has 0 aliphatic heterocycles. The third-order valence-electron chi connectivity index (χ3n) is 2.39. The summed E-state index contributed by atoms with van der Waals surface area (Å²) in [6.45, 7) is 1.97. The first-order valence-corrected chi connectivity index (χ1v) is 5.54. The maximum atomic E-state index is 8.45. The predicted octanol–water partition coefficient (Wildman–Crippen LogP) is 1.23. The first-order valence-electron chi connectivity index (χ1n) is 5.54. The van der Waals surface area contributed by atoms with Gasteiger partial charge < -0.3 is 20.6 Å². The number of benzene rings is 1. The number of oxime groups is 1. The highest BCUT2D eigenvalue weighted by molar-refractivity contribution is 5.76. The van der Waals surface area contributed by atoms with Gasteiger partial charge in [-0.15, -0.1) is 0 Å². The SMILES string of the molecule is CN(CCCOCc1ccccc1)/C(N)=N/O. The molecule has 94 valence electrons. The maximum Gasteiger partial charge on any atom is 0.233 e. The van der Waals surface area contributed by atoms with Crippen LogP contribution < -0.4 is 5.73 Å². The highest BCUT2D eigenvalue weighted by Gasteiger charge is 2.01. The molecule has 0 aliphatic carbocycles. The number of guanidine groups is 1. The zero-order valence-electron chi connectivity index (χ0n) is 10.0. The van der Waals surface area contributed by atoms with Crippen molar-refractivity contribution in [3.05, 3.63) is 35.9 Å². The second-order valence-electron chi connectivity index (χ2n) is 3.77. The Kier molecular flexibility index (Phi) is 5.88. The Labute approximate surface area is 101 Å². The Morgan fingerprint density at radius 1 is 1.41 bits per heavy atom. The highest BCUT2D eigenvalue weighted by Crippen LogP contribution is 2.00. The quantitative estimate of drug-likeness (QED) is 0.257. The van der Waals surface area contributed by atoms with E-state index in [0.29, 0.717) is 19.8 Å². The number of nitrogens with two attached hydrogens (primary N) is 1. The smallest absolute Gasteiger partial charge is 0.233 e. The fourth-order valence-electron chi connectivity index (χ4n) is 1.36. The lowest BCUT2D eigenvalue weighted by molar-refractivity contribution is 0.115. The summed E-state index contributed by atoms with van der Waals surface area (Å²) >= 11 is 0. The molecule has 0 spiro atoms. The summed E-state index contributed by atoms with van der Waals surface area (Å²) in [6.07, 6.45) is 0.833. The zero-order valence-corrected chi connectivity index (χ0v) is 10.0. The summed E-state index contributed by atoms with van der Waals surface area (Å²) in [5.74, 6) is 0.119. The molecule has 17 heavy (non-hydrogen) atoms. The molecule has 5 heteroatoms. The van der Waals surface area contributed by atoms with Crippen LogP contribution in [0.2, 0.25) is 0 Å². The topological polar surface area (TPSA) is 71.1 Å². The van der Waals surface area contributed by atoms with Crippen LogP contribution in [0.5, 0.6) is 0 Å². The van der Waals surface area contributed by atoms with Gasteiger partial charge in [-0.3, -0.25) is 0 Å². The molecule has 0 saturated carbocycles. The van der Waals surface area contributed by atoms with Gasteiger partial charge in [-0.1, -0.05) is 35.5 Å². The van der Waals surface area contributed by atoms with E-state index in [1.165, 1.54) is 0 Å². The van der Waals surface area contributed by atoms with E-state index in [2.05, 4.69) is 5.16 Å². The van der Waals surface area contributed by atoms with Gasteiger partial charge in [0.15, 0.2) is 0 Å². The van der Waals surface area contributed by atoms with Gasteiger partial charge in [-0.05, 0) is 12.0 Å². The van der Waals surface area contributed by atoms with Crippen LogP contribution in [0.25, 0.3) is 0 Å². The summed E-state index contributed by atoms with van der Waals surface area (Å²) < 4.78 is 5.51. The van der Waals surface area contributed by atoms with Gasteiger partial charge in [0.2, 0.25) is 5.96 Å². The molecule has 0 bridgehead atoms. The molecule has 1 aromatic carbocycles. The van der Waals surface area contributed by atoms with E-state index in [4.69, 9.17) is 15.7 Å². The number of rotatable bonds is 6. The fraction of sp³-hybridized carbons (Fsp3) is 0.417. The first-order chi connectivity index (χ1) is 8.24. The lowest BCUT2D eigenvalue weighted by atomic mass is 10.2. The lowest BCUT2D eigenvalue weighted by Gasteiger charge is -2.16. The van der Waals surface area contributed by atoms with Crippen LogP contribution in [0.1, 0.15) is 12.0 Å². The number of hydrogen-bond acceptors (Lipinski definition) is 3. The molecule has 1 rings (SSSR count). The monoisotopic (exact) mass is 237 g/mol. The molecule has 0 saturated heterocycles. The van der Waals surface area contributed by atoms with Crippen molar-refractivity contribution in [2.75, 3.05) is 20.2 Å². The van der Waals surface area contributed by atoms with Gasteiger partial charge in [-0.25, -0.2) is 0 Å². The van der Waals surface area contributed by atoms with Crippen molar-refractivity contribution < 1.29 is 9.94 Å². The van der Waals surface area contributed by atoms with Crippen LogP contribution in [0.3, 0.4) is 0 Å². The second-order valence-corrected chi connectivity index (χ2v) is 3.77. The zero-order chi connectivity index (χ0) is 12.5. The average Bonchev–Trinajstić information content (AvgIpc) is 2.38. The van der Waals surface area contributed by atoms with Crippen molar-refractivity contribution in [1.29, 1.82) is 0 Å². The second kappa shape index (κ2) is 7.51. The number of hydrogen-bond donors (Lipinski definition) is 2. The Balaban J connectivity index is 2.09. The Bertz CT molecular complexity index is 341. The van der Waals surface area contributed by atoms with E-state index >= 15 is 0 Å². The third kappa shape index (κ3) is 5.21. The summed E-state index contributed by atoms with van der Waals surface area (Å²) in [7, 11) is 1.77. The van der Waals surface area contributed by atoms with E-state index in [1.807, 2.05) is 30.3 Å². The molecule has 0 unspecified atom stereocenters. The van der Waals surface area contributed by atoms with E-state index in [-0.39, 0.29) is 5.96 Å². The summed E-state index contributed by atoms with van der Waals surface area (Å²) in [5, 5.41) is 11.4. The van der Waals surface area contributed by atoms with Crippen molar-refractivity contribution in [2.45, 2.75) is 13.0 Å². The molecule has 0 heterocycles. The molecule has 5 nitrogen and oxygen atoms in total. The standard InChI is InChI=1S/C12H19N3O2/c1-15(12(13)14-16)8-5-9-17-10-11-6-3-2-4-7-11/h2-4,6-7,16H,5,8-10H2,1H3,(H2,13,14). The average molecular weight is 237 g/mol. The third-order valence-corrected chi connectivity index (χ3v) is 2.39. The molecule has 1 aromatic rings. The Morgan fingerprint density at radius 3 is 2.76 bits per heavy atom. The van der Waals surface area contributed by atoms with Crippen LogP contribution >= 0.6 is 0 Å². The highest BCUT2D eigenvalue weighted by atomic mass is 16.5. The minimum atomic E-state index is 0.119. The number of nitrogens with zero attached hydrogens (tertiary/aromatic N) is 2. The minimum Gasteiger partial charge on any atom is -0.408 e. The van der Waals surface area contributed by atoms with Crippen molar-refractivity contribution in [3.63, 3.8) is 0 Å². The van der Waals surface area contributed by atoms with Crippen molar-refractivity contribution in [3.8, 4) is 0 Å². The Hall–Kier alpha value is -1.75. The minimum absolute atomic E-state index is 0.119. The summed E-state index contributed by atoms with van der Waals surface area (Å²) in [4.78, 5) is 1.67. The van der Waals surface area contributed by atoms with E-state index in [9.17, 15) is 0 Å². The largest absolute Gasteiger partial charge is 0.408 e. The van der Waals surface area contributed by atoms with Crippen LogP contribution in [-0.2, 0) is 11.3 Å². The van der Waals surface area contributed by atoms with Crippen LogP contribution in [0, 0.1) is 0 Å². The molecular weight excluding hydrogens is 218 g/mol. The molecule has 0 amide bonds. The van der Waals surface area contributed by atoms with E-state index in [0.717, 1.165) is 12.0 Å². The normalized spacial score (nSPS) is 11.5. The van der Waals surface area contributed by atoms with E-state index < -0.39 is 0 Å². The van der Waals surface area contributed by atoms with Crippen molar-refractivity contribution in [1.82, 2.24) is 4.90 Å². The lowest BCUT2D eigenvalue weighted by Crippen LogP contribution is -2.34. The molecule has 0 aliphatic rings. The maximum absolute atomic E-state index is 8.45. The fourth-order valence-corrected chi connectivity index (χ4v) is 1.36. The molecule has 0 radical (unpaired) electrons. The van der Waals surface area contributed by atoms with Crippen LogP contribution in [0.4, 0.5) is 0 Å². The van der Waals surface area contributed by atoms with Crippen LogP contribution in [0.15, 0.2) is 35.5 Å². The predicted molar refractivity (Wildman–Crippen MR) is 66.8 cm³/mol. The molecule has 0 fully saturated rings.